The molecule has 0 spiro atoms. The van der Waals surface area contributed by atoms with E-state index in [1.54, 1.807) is 14.2 Å². The van der Waals surface area contributed by atoms with Gasteiger partial charge < -0.3 is 9.47 Å². The molecule has 0 saturated carbocycles. The summed E-state index contributed by atoms with van der Waals surface area (Å²) in [6.07, 6.45) is 4.03. The number of hydrogen-bond acceptors (Lipinski definition) is 2. The average Bonchev–Trinajstić information content (AvgIpc) is 2.46. The van der Waals surface area contributed by atoms with Crippen LogP contribution in [0.5, 0.6) is 11.5 Å². The minimum absolute atomic E-state index is 0.736. The Hall–Kier alpha value is -1.93. The van der Waals surface area contributed by atoms with Crippen molar-refractivity contribution in [3.8, 4) is 11.5 Å². The van der Waals surface area contributed by atoms with Crippen molar-refractivity contribution < 1.29 is 9.47 Å². The van der Waals surface area contributed by atoms with Crippen molar-refractivity contribution in [3.63, 3.8) is 0 Å². The Kier molecular flexibility index (Phi) is 4.48. The summed E-state index contributed by atoms with van der Waals surface area (Å²) in [4.78, 5) is 0. The van der Waals surface area contributed by atoms with Crippen LogP contribution in [-0.2, 0) is 0 Å². The predicted octanol–water partition coefficient (Wildman–Crippen LogP) is 4.53. The van der Waals surface area contributed by atoms with Crippen LogP contribution in [0.3, 0.4) is 0 Å². The Morgan fingerprint density at radius 3 is 1.84 bits per heavy atom. The first-order chi connectivity index (χ1) is 9.21. The maximum atomic E-state index is 5.85. The molecule has 0 aliphatic carbocycles. The van der Waals surface area contributed by atoms with Gasteiger partial charge in [-0.25, -0.2) is 0 Å². The quantitative estimate of drug-likeness (QED) is 0.763. The lowest BCUT2D eigenvalue weighted by Crippen LogP contribution is -1.88. The summed E-state index contributed by atoms with van der Waals surface area (Å²) in [5.41, 5.74) is 2.11. The largest absolute Gasteiger partial charge is 0.497 e. The first-order valence-electron chi connectivity index (χ1n) is 5.88. The lowest BCUT2D eigenvalue weighted by atomic mass is 10.1. The second kappa shape index (κ2) is 6.30. The summed E-state index contributed by atoms with van der Waals surface area (Å²) in [6, 6.07) is 13.4. The van der Waals surface area contributed by atoms with Crippen LogP contribution in [0.1, 0.15) is 11.1 Å². The van der Waals surface area contributed by atoms with Crippen LogP contribution in [0.2, 0.25) is 5.02 Å². The van der Waals surface area contributed by atoms with E-state index in [0.717, 1.165) is 27.6 Å². The van der Waals surface area contributed by atoms with Gasteiger partial charge in [0, 0.05) is 11.1 Å². The zero-order valence-corrected chi connectivity index (χ0v) is 11.6. The molecule has 98 valence electrons. The summed E-state index contributed by atoms with van der Waals surface area (Å²) in [5, 5.41) is 0.736. The molecule has 0 atom stereocenters. The molecule has 0 heterocycles. The fourth-order valence-electron chi connectivity index (χ4n) is 1.69. The second-order valence-electron chi connectivity index (χ2n) is 4.03. The predicted molar refractivity (Wildman–Crippen MR) is 79.9 cm³/mol. The second-order valence-corrected chi connectivity index (χ2v) is 4.47. The van der Waals surface area contributed by atoms with Gasteiger partial charge in [-0.05, 0) is 35.4 Å². The molecule has 0 unspecified atom stereocenters. The van der Waals surface area contributed by atoms with Crippen LogP contribution in [0.25, 0.3) is 12.2 Å². The molecule has 2 rings (SSSR count). The third-order valence-electron chi connectivity index (χ3n) is 2.71. The standard InChI is InChI=1S/C16H15ClO2/c1-18-15-9-13(10-16(11-15)19-2)4-3-12-5-7-14(17)8-6-12/h3-11H,1-2H3. The van der Waals surface area contributed by atoms with Gasteiger partial charge in [0.2, 0.25) is 0 Å². The lowest BCUT2D eigenvalue weighted by molar-refractivity contribution is 0.394. The molecule has 3 heteroatoms. The Morgan fingerprint density at radius 2 is 1.32 bits per heavy atom. The SMILES string of the molecule is COc1cc(C=Cc2ccc(Cl)cc2)cc(OC)c1. The average molecular weight is 275 g/mol. The maximum Gasteiger partial charge on any atom is 0.123 e. The van der Waals surface area contributed by atoms with Crippen molar-refractivity contribution in [3.05, 3.63) is 58.6 Å². The fraction of sp³-hybridized carbons (Fsp3) is 0.125. The van der Waals surface area contributed by atoms with Crippen LogP contribution < -0.4 is 9.47 Å². The van der Waals surface area contributed by atoms with Crippen molar-refractivity contribution in [2.24, 2.45) is 0 Å². The number of methoxy groups -OCH3 is 2. The molecule has 0 aliphatic rings. The van der Waals surface area contributed by atoms with Gasteiger partial charge in [-0.3, -0.25) is 0 Å². The highest BCUT2D eigenvalue weighted by molar-refractivity contribution is 6.30. The summed E-state index contributed by atoms with van der Waals surface area (Å²) in [7, 11) is 3.28. The fourth-order valence-corrected chi connectivity index (χ4v) is 1.82. The minimum Gasteiger partial charge on any atom is -0.497 e. The van der Waals surface area contributed by atoms with Crippen molar-refractivity contribution >= 4 is 23.8 Å². The Bertz CT molecular complexity index is 552. The van der Waals surface area contributed by atoms with Crippen molar-refractivity contribution in [2.45, 2.75) is 0 Å². The van der Waals surface area contributed by atoms with E-state index in [4.69, 9.17) is 21.1 Å². The Morgan fingerprint density at radius 1 is 0.789 bits per heavy atom. The number of benzene rings is 2. The molecular formula is C16H15ClO2. The molecule has 0 aromatic heterocycles. The van der Waals surface area contributed by atoms with Gasteiger partial charge in [0.1, 0.15) is 11.5 Å². The monoisotopic (exact) mass is 274 g/mol. The van der Waals surface area contributed by atoms with E-state index in [1.807, 2.05) is 54.6 Å². The van der Waals surface area contributed by atoms with Gasteiger partial charge in [-0.15, -0.1) is 0 Å². The number of halogens is 1. The summed E-state index contributed by atoms with van der Waals surface area (Å²) >= 11 is 5.85. The van der Waals surface area contributed by atoms with E-state index >= 15 is 0 Å². The molecule has 2 aromatic rings. The highest BCUT2D eigenvalue weighted by atomic mass is 35.5. The van der Waals surface area contributed by atoms with Crippen LogP contribution in [0, 0.1) is 0 Å². The van der Waals surface area contributed by atoms with Crippen LogP contribution in [0.15, 0.2) is 42.5 Å². The molecule has 0 radical (unpaired) electrons. The number of ether oxygens (including phenoxy) is 2. The zero-order valence-electron chi connectivity index (χ0n) is 10.9. The van der Waals surface area contributed by atoms with Gasteiger partial charge >= 0.3 is 0 Å². The van der Waals surface area contributed by atoms with Gasteiger partial charge in [-0.2, -0.15) is 0 Å². The van der Waals surface area contributed by atoms with Gasteiger partial charge in [0.15, 0.2) is 0 Å². The highest BCUT2D eigenvalue weighted by Crippen LogP contribution is 2.24. The minimum atomic E-state index is 0.736. The molecule has 0 aliphatic heterocycles. The van der Waals surface area contributed by atoms with Crippen LogP contribution >= 0.6 is 11.6 Å². The van der Waals surface area contributed by atoms with E-state index < -0.39 is 0 Å². The van der Waals surface area contributed by atoms with E-state index in [9.17, 15) is 0 Å². The van der Waals surface area contributed by atoms with E-state index in [0.29, 0.717) is 0 Å². The first-order valence-corrected chi connectivity index (χ1v) is 6.26. The van der Waals surface area contributed by atoms with Gasteiger partial charge in [0.05, 0.1) is 14.2 Å². The van der Waals surface area contributed by atoms with Crippen LogP contribution in [-0.4, -0.2) is 14.2 Å². The highest BCUT2D eigenvalue weighted by Gasteiger charge is 1.99. The topological polar surface area (TPSA) is 18.5 Å². The van der Waals surface area contributed by atoms with E-state index in [1.165, 1.54) is 0 Å². The third kappa shape index (κ3) is 3.76. The molecule has 2 nitrogen and oxygen atoms in total. The third-order valence-corrected chi connectivity index (χ3v) is 2.96. The smallest absolute Gasteiger partial charge is 0.123 e. The molecule has 0 fully saturated rings. The maximum absolute atomic E-state index is 5.85. The van der Waals surface area contributed by atoms with Gasteiger partial charge in [0.25, 0.3) is 0 Å². The number of hydrogen-bond donors (Lipinski definition) is 0. The Labute approximate surface area is 118 Å². The van der Waals surface area contributed by atoms with E-state index in [2.05, 4.69) is 0 Å². The molecule has 0 amide bonds. The Balaban J connectivity index is 2.24. The lowest BCUT2D eigenvalue weighted by Gasteiger charge is -2.05. The van der Waals surface area contributed by atoms with Crippen molar-refractivity contribution in [1.29, 1.82) is 0 Å². The number of rotatable bonds is 4. The molecule has 0 bridgehead atoms. The normalized spacial score (nSPS) is 10.7. The zero-order chi connectivity index (χ0) is 13.7. The summed E-state index contributed by atoms with van der Waals surface area (Å²) in [6.45, 7) is 0. The van der Waals surface area contributed by atoms with Crippen LogP contribution in [0.4, 0.5) is 0 Å². The molecule has 2 aromatic carbocycles. The molecule has 0 saturated heterocycles. The first kappa shape index (κ1) is 13.5. The van der Waals surface area contributed by atoms with Crippen molar-refractivity contribution in [1.82, 2.24) is 0 Å². The molecular weight excluding hydrogens is 260 g/mol. The molecule has 0 N–H and O–H groups in total. The molecule has 19 heavy (non-hydrogen) atoms. The summed E-state index contributed by atoms with van der Waals surface area (Å²) < 4.78 is 10.5. The van der Waals surface area contributed by atoms with Crippen molar-refractivity contribution in [2.75, 3.05) is 14.2 Å². The summed E-state index contributed by atoms with van der Waals surface area (Å²) in [5.74, 6) is 1.55. The van der Waals surface area contributed by atoms with Gasteiger partial charge in [-0.1, -0.05) is 35.9 Å². The van der Waals surface area contributed by atoms with E-state index in [-0.39, 0.29) is 0 Å².